The number of hydrogen-bond donors (Lipinski definition) is 1. The van der Waals surface area contributed by atoms with Crippen molar-refractivity contribution in [1.82, 2.24) is 10.2 Å². The van der Waals surface area contributed by atoms with Crippen LogP contribution in [0.25, 0.3) is 0 Å². The first-order chi connectivity index (χ1) is 16.6. The highest BCUT2D eigenvalue weighted by Gasteiger charge is 2.65. The molecule has 3 heterocycles. The summed E-state index contributed by atoms with van der Waals surface area (Å²) in [6.45, 7) is 5.84. The van der Waals surface area contributed by atoms with Gasteiger partial charge in [-0.3, -0.25) is 29.9 Å². The average molecular weight is 479 g/mol. The van der Waals surface area contributed by atoms with Crippen LogP contribution in [0.4, 0.5) is 16.2 Å². The van der Waals surface area contributed by atoms with Crippen molar-refractivity contribution in [1.29, 1.82) is 0 Å². The molecule has 0 aliphatic carbocycles. The molecule has 2 saturated heterocycles. The molecule has 2 aromatic carbocycles. The summed E-state index contributed by atoms with van der Waals surface area (Å²) in [4.78, 5) is 54.9. The Morgan fingerprint density at radius 1 is 1.14 bits per heavy atom. The number of carbonyl (C=O) groups excluding carboxylic acids is 3. The molecule has 5 rings (SSSR count). The summed E-state index contributed by atoms with van der Waals surface area (Å²) in [5.41, 5.74) is 0.167. The maximum absolute atomic E-state index is 14.3. The summed E-state index contributed by atoms with van der Waals surface area (Å²) in [7, 11) is 0. The minimum atomic E-state index is -1.70. The van der Waals surface area contributed by atoms with E-state index in [1.54, 1.807) is 13.0 Å². The van der Waals surface area contributed by atoms with Gasteiger partial charge in [-0.1, -0.05) is 30.3 Å². The van der Waals surface area contributed by atoms with Gasteiger partial charge >= 0.3 is 6.03 Å². The second-order valence-electron chi connectivity index (χ2n) is 9.49. The number of anilines is 1. The quantitative estimate of drug-likeness (QED) is 0.409. The molecule has 10 nitrogen and oxygen atoms in total. The Hall–Kier alpha value is -3.79. The number of non-ortho nitro benzene ring substituents is 1. The number of imide groups is 2. The first kappa shape index (κ1) is 23.0. The predicted octanol–water partition coefficient (Wildman–Crippen LogP) is 2.96. The number of nitro benzene ring substituents is 1. The number of carbonyl (C=O) groups is 3. The molecule has 0 aromatic heterocycles. The zero-order valence-corrected chi connectivity index (χ0v) is 19.6. The topological polar surface area (TPSA) is 122 Å². The minimum Gasteiger partial charge on any atom is -0.372 e. The number of amides is 4. The monoisotopic (exact) mass is 478 g/mol. The van der Waals surface area contributed by atoms with Crippen molar-refractivity contribution >= 4 is 29.2 Å². The van der Waals surface area contributed by atoms with Crippen LogP contribution in [0.3, 0.4) is 0 Å². The van der Waals surface area contributed by atoms with E-state index in [1.165, 1.54) is 12.1 Å². The van der Waals surface area contributed by atoms with E-state index in [9.17, 15) is 24.5 Å². The first-order valence-electron chi connectivity index (χ1n) is 11.6. The summed E-state index contributed by atoms with van der Waals surface area (Å²) >= 11 is 0. The lowest BCUT2D eigenvalue weighted by Gasteiger charge is -2.56. The molecule has 35 heavy (non-hydrogen) atoms. The van der Waals surface area contributed by atoms with Gasteiger partial charge < -0.3 is 9.64 Å². The van der Waals surface area contributed by atoms with E-state index < -0.39 is 46.4 Å². The largest absolute Gasteiger partial charge is 0.372 e. The second-order valence-corrected chi connectivity index (χ2v) is 9.49. The molecular weight excluding hydrogens is 452 g/mol. The Bertz CT molecular complexity index is 1230. The van der Waals surface area contributed by atoms with Gasteiger partial charge in [-0.05, 0) is 38.0 Å². The number of benzene rings is 2. The van der Waals surface area contributed by atoms with E-state index >= 15 is 0 Å². The van der Waals surface area contributed by atoms with E-state index in [1.807, 2.05) is 49.1 Å². The van der Waals surface area contributed by atoms with Crippen LogP contribution in [0.5, 0.6) is 0 Å². The molecule has 0 unspecified atom stereocenters. The van der Waals surface area contributed by atoms with Crippen LogP contribution in [0.15, 0.2) is 48.5 Å². The normalized spacial score (nSPS) is 28.9. The highest BCUT2D eigenvalue weighted by Crippen LogP contribution is 2.49. The average Bonchev–Trinajstić information content (AvgIpc) is 2.82. The smallest absolute Gasteiger partial charge is 0.331 e. The summed E-state index contributed by atoms with van der Waals surface area (Å²) in [6, 6.07) is 11.5. The van der Waals surface area contributed by atoms with Crippen molar-refractivity contribution in [2.24, 2.45) is 5.41 Å². The van der Waals surface area contributed by atoms with Crippen molar-refractivity contribution in [2.75, 3.05) is 11.4 Å². The number of fused-ring (bicyclic) bond motifs is 4. The van der Waals surface area contributed by atoms with E-state index in [-0.39, 0.29) is 18.2 Å². The molecule has 5 atom stereocenters. The lowest BCUT2D eigenvalue weighted by Crippen LogP contribution is -2.75. The van der Waals surface area contributed by atoms with Gasteiger partial charge in [-0.25, -0.2) is 4.79 Å². The van der Waals surface area contributed by atoms with Gasteiger partial charge in [0, 0.05) is 30.8 Å². The first-order valence-corrected chi connectivity index (χ1v) is 11.6. The third-order valence-electron chi connectivity index (χ3n) is 7.35. The second kappa shape index (κ2) is 8.16. The van der Waals surface area contributed by atoms with E-state index in [2.05, 4.69) is 5.32 Å². The zero-order valence-electron chi connectivity index (χ0n) is 19.6. The number of nitro groups is 1. The minimum absolute atomic E-state index is 0.0801. The molecule has 3 aliphatic heterocycles. The van der Waals surface area contributed by atoms with Crippen LogP contribution < -0.4 is 10.2 Å². The van der Waals surface area contributed by atoms with Crippen molar-refractivity contribution in [3.8, 4) is 0 Å². The SMILES string of the molecule is C[C@@H]1O[C@@H](C)CN2c3ccc([N+](=O)[O-])cc3C[C@]3(C(=O)NC(=O)N([C@@H](C)c4ccccc4)C3=O)[C@H]12. The number of urea groups is 1. The maximum Gasteiger partial charge on any atom is 0.331 e. The molecule has 2 fully saturated rings. The van der Waals surface area contributed by atoms with Gasteiger partial charge in [-0.15, -0.1) is 0 Å². The van der Waals surface area contributed by atoms with Gasteiger partial charge in [0.2, 0.25) is 11.8 Å². The number of barbiturate groups is 1. The molecule has 2 aromatic rings. The van der Waals surface area contributed by atoms with Crippen LogP contribution in [0.2, 0.25) is 0 Å². The standard InChI is InChI=1S/C25H26N4O6/c1-14-13-27-20-10-9-19(29(33)34)11-18(20)12-25(21(27)16(3)35-14)22(30)26-24(32)28(23(25)31)15(2)17-7-5-4-6-8-17/h4-11,14-16,21H,12-13H2,1-3H3,(H,26,30,32)/t14-,15-,16-,21-,25+/m0/s1. The van der Waals surface area contributed by atoms with E-state index in [4.69, 9.17) is 4.74 Å². The molecular formula is C25H26N4O6. The molecule has 3 aliphatic rings. The molecule has 10 heteroatoms. The summed E-state index contributed by atoms with van der Waals surface area (Å²) in [6.07, 6.45) is -0.788. The number of nitrogens with one attached hydrogen (secondary N) is 1. The fourth-order valence-corrected chi connectivity index (χ4v) is 5.88. The molecule has 182 valence electrons. The highest BCUT2D eigenvalue weighted by atomic mass is 16.6. The van der Waals surface area contributed by atoms with Crippen LogP contribution in [0, 0.1) is 15.5 Å². The number of ether oxygens (including phenoxy) is 1. The Morgan fingerprint density at radius 3 is 2.54 bits per heavy atom. The maximum atomic E-state index is 14.3. The van der Waals surface area contributed by atoms with Crippen molar-refractivity contribution in [2.45, 2.75) is 51.5 Å². The molecule has 1 N–H and O–H groups in total. The van der Waals surface area contributed by atoms with Crippen molar-refractivity contribution in [3.63, 3.8) is 0 Å². The Balaban J connectivity index is 1.67. The highest BCUT2D eigenvalue weighted by molar-refractivity contribution is 6.20. The molecule has 4 amide bonds. The molecule has 1 spiro atoms. The summed E-state index contributed by atoms with van der Waals surface area (Å²) in [5, 5.41) is 13.9. The zero-order chi connectivity index (χ0) is 25.1. The van der Waals surface area contributed by atoms with Crippen molar-refractivity contribution < 1.29 is 24.0 Å². The Labute approximate surface area is 202 Å². The fraction of sp³-hybridized carbons (Fsp3) is 0.400. The van der Waals surface area contributed by atoms with Gasteiger partial charge in [0.1, 0.15) is 0 Å². The summed E-state index contributed by atoms with van der Waals surface area (Å²) < 4.78 is 6.08. The summed E-state index contributed by atoms with van der Waals surface area (Å²) in [5.74, 6) is -1.33. The third-order valence-corrected chi connectivity index (χ3v) is 7.35. The van der Waals surface area contributed by atoms with Gasteiger partial charge in [-0.2, -0.15) is 0 Å². The van der Waals surface area contributed by atoms with Gasteiger partial charge in [0.25, 0.3) is 5.69 Å². The van der Waals surface area contributed by atoms with Gasteiger partial charge in [0.05, 0.1) is 29.2 Å². The molecule has 0 saturated carbocycles. The van der Waals surface area contributed by atoms with Gasteiger partial charge in [0.15, 0.2) is 5.41 Å². The van der Waals surface area contributed by atoms with E-state index in [0.717, 1.165) is 16.2 Å². The lowest BCUT2D eigenvalue weighted by atomic mass is 9.66. The van der Waals surface area contributed by atoms with Crippen molar-refractivity contribution in [3.05, 3.63) is 69.8 Å². The lowest BCUT2D eigenvalue weighted by molar-refractivity contribution is -0.384. The molecule has 0 radical (unpaired) electrons. The number of morpholine rings is 1. The predicted molar refractivity (Wildman–Crippen MR) is 126 cm³/mol. The van der Waals surface area contributed by atoms with Crippen LogP contribution >= 0.6 is 0 Å². The Kier molecular flexibility index (Phi) is 5.36. The fourth-order valence-electron chi connectivity index (χ4n) is 5.88. The number of hydrogen-bond acceptors (Lipinski definition) is 7. The van der Waals surface area contributed by atoms with Crippen LogP contribution in [-0.2, 0) is 20.7 Å². The van der Waals surface area contributed by atoms with Crippen LogP contribution in [-0.4, -0.2) is 52.5 Å². The molecule has 0 bridgehead atoms. The third kappa shape index (κ3) is 3.39. The van der Waals surface area contributed by atoms with E-state index in [0.29, 0.717) is 12.1 Å². The number of nitrogens with zero attached hydrogens (tertiary/aromatic N) is 3. The number of rotatable bonds is 3. The Morgan fingerprint density at radius 2 is 1.86 bits per heavy atom. The van der Waals surface area contributed by atoms with Crippen LogP contribution in [0.1, 0.15) is 37.9 Å².